The number of anilines is 1. The molecule has 102 valence electrons. The van der Waals surface area contributed by atoms with Crippen LogP contribution in [0.2, 0.25) is 0 Å². The van der Waals surface area contributed by atoms with Crippen molar-refractivity contribution in [2.24, 2.45) is 0 Å². The monoisotopic (exact) mass is 266 g/mol. The molecule has 4 atom stereocenters. The second kappa shape index (κ2) is 4.02. The standard InChI is InChI=1S/C10H14N6O3/c1-2-7(17)8(18)5(12-2)4-3-6(16-15-4)9(19)14-10(11)13-3/h2,5,7-8,12,17-18H,1H3,(H,15,16)(H3,11,13,14,19)/t2-,5+,7-,8+/m1/s1. The Kier molecular flexibility index (Phi) is 2.55. The first-order valence-electron chi connectivity index (χ1n) is 5.81. The number of nitrogen functional groups attached to an aromatic ring is 1. The predicted octanol–water partition coefficient (Wildman–Crippen LogP) is -1.60. The van der Waals surface area contributed by atoms with Gasteiger partial charge in [-0.25, -0.2) is 4.98 Å². The molecule has 0 unspecified atom stereocenters. The number of aliphatic hydroxyl groups excluding tert-OH is 2. The summed E-state index contributed by atoms with van der Waals surface area (Å²) in [5.74, 6) is -0.417. The molecule has 3 rings (SSSR count). The number of fused-ring (bicyclic) bond motifs is 1. The quantitative estimate of drug-likeness (QED) is 0.360. The number of nitrogens with two attached hydrogens (primary N) is 1. The number of aromatic amines is 1. The van der Waals surface area contributed by atoms with Crippen LogP contribution in [-0.4, -0.2) is 53.7 Å². The van der Waals surface area contributed by atoms with Gasteiger partial charge in [-0.1, -0.05) is 0 Å². The molecular formula is C10H14N6O3. The highest BCUT2D eigenvalue weighted by Gasteiger charge is 2.41. The summed E-state index contributed by atoms with van der Waals surface area (Å²) in [6.45, 7) is 1.76. The summed E-state index contributed by atoms with van der Waals surface area (Å²) in [5, 5.41) is 39.0. The molecule has 1 aliphatic rings. The minimum Gasteiger partial charge on any atom is -0.492 e. The Labute approximate surface area is 107 Å². The fourth-order valence-electron chi connectivity index (χ4n) is 2.36. The SMILES string of the molecule is C[C@H]1N[C@@H](c2[nH]nc3c(O)nc(N)nc23)[C@H](O)[C@@H]1O. The summed E-state index contributed by atoms with van der Waals surface area (Å²) in [6.07, 6.45) is -1.90. The molecule has 3 heterocycles. The third kappa shape index (κ3) is 1.70. The number of nitrogens with zero attached hydrogens (tertiary/aromatic N) is 3. The number of aromatic nitrogens is 4. The number of hydrogen-bond acceptors (Lipinski definition) is 8. The van der Waals surface area contributed by atoms with E-state index in [0.717, 1.165) is 0 Å². The number of nitrogens with one attached hydrogen (secondary N) is 2. The number of aromatic hydroxyl groups is 1. The first-order valence-corrected chi connectivity index (χ1v) is 5.81. The third-order valence-electron chi connectivity index (χ3n) is 3.38. The molecule has 0 bridgehead atoms. The first kappa shape index (κ1) is 12.1. The lowest BCUT2D eigenvalue weighted by Crippen LogP contribution is -2.29. The van der Waals surface area contributed by atoms with Gasteiger partial charge in [0.2, 0.25) is 11.8 Å². The lowest BCUT2D eigenvalue weighted by molar-refractivity contribution is 0.0297. The molecule has 2 aromatic rings. The lowest BCUT2D eigenvalue weighted by atomic mass is 10.1. The van der Waals surface area contributed by atoms with Crippen LogP contribution in [0.15, 0.2) is 0 Å². The van der Waals surface area contributed by atoms with E-state index in [2.05, 4.69) is 25.5 Å². The molecule has 0 amide bonds. The summed E-state index contributed by atoms with van der Waals surface area (Å²) in [6, 6.07) is -0.838. The van der Waals surface area contributed by atoms with Crippen molar-refractivity contribution in [3.05, 3.63) is 5.69 Å². The summed E-state index contributed by atoms with van der Waals surface area (Å²) in [4.78, 5) is 7.60. The molecule has 9 nitrogen and oxygen atoms in total. The van der Waals surface area contributed by atoms with Gasteiger partial charge in [-0.05, 0) is 6.92 Å². The largest absolute Gasteiger partial charge is 0.492 e. The van der Waals surface area contributed by atoms with Crippen molar-refractivity contribution >= 4 is 17.0 Å². The van der Waals surface area contributed by atoms with E-state index >= 15 is 0 Å². The Morgan fingerprint density at radius 3 is 2.53 bits per heavy atom. The van der Waals surface area contributed by atoms with Crippen molar-refractivity contribution in [2.75, 3.05) is 5.73 Å². The molecule has 9 heteroatoms. The van der Waals surface area contributed by atoms with E-state index in [-0.39, 0.29) is 23.4 Å². The van der Waals surface area contributed by atoms with Crippen LogP contribution in [0.5, 0.6) is 5.88 Å². The van der Waals surface area contributed by atoms with Crippen molar-refractivity contribution in [3.63, 3.8) is 0 Å². The average molecular weight is 266 g/mol. The van der Waals surface area contributed by atoms with E-state index in [1.54, 1.807) is 6.92 Å². The molecule has 1 aliphatic heterocycles. The molecular weight excluding hydrogens is 252 g/mol. The normalized spacial score (nSPS) is 31.1. The molecule has 19 heavy (non-hydrogen) atoms. The minimum absolute atomic E-state index is 0.0891. The Hall–Kier alpha value is -1.97. The topological polar surface area (TPSA) is 153 Å². The van der Waals surface area contributed by atoms with Gasteiger partial charge in [-0.3, -0.25) is 5.10 Å². The highest BCUT2D eigenvalue weighted by molar-refractivity contribution is 5.82. The Bertz CT molecular complexity index is 629. The average Bonchev–Trinajstić information content (AvgIpc) is 2.86. The highest BCUT2D eigenvalue weighted by atomic mass is 16.3. The van der Waals surface area contributed by atoms with Crippen LogP contribution in [0.1, 0.15) is 18.7 Å². The van der Waals surface area contributed by atoms with Crippen LogP contribution in [0.3, 0.4) is 0 Å². The zero-order chi connectivity index (χ0) is 13.7. The van der Waals surface area contributed by atoms with Gasteiger partial charge < -0.3 is 26.4 Å². The van der Waals surface area contributed by atoms with E-state index in [1.165, 1.54) is 0 Å². The summed E-state index contributed by atoms with van der Waals surface area (Å²) < 4.78 is 0. The van der Waals surface area contributed by atoms with Crippen molar-refractivity contribution in [2.45, 2.75) is 31.2 Å². The molecule has 0 radical (unpaired) electrons. The maximum absolute atomic E-state index is 10.0. The van der Waals surface area contributed by atoms with Crippen LogP contribution in [0.4, 0.5) is 5.95 Å². The second-order valence-electron chi connectivity index (χ2n) is 4.65. The number of aliphatic hydroxyl groups is 2. The number of H-pyrrole nitrogens is 1. The molecule has 0 aromatic carbocycles. The Morgan fingerprint density at radius 2 is 1.89 bits per heavy atom. The van der Waals surface area contributed by atoms with Gasteiger partial charge in [-0.15, -0.1) is 0 Å². The van der Waals surface area contributed by atoms with E-state index in [0.29, 0.717) is 11.2 Å². The van der Waals surface area contributed by atoms with E-state index < -0.39 is 18.2 Å². The smallest absolute Gasteiger partial charge is 0.244 e. The Balaban J connectivity index is 2.11. The van der Waals surface area contributed by atoms with E-state index in [9.17, 15) is 15.3 Å². The molecule has 0 saturated carbocycles. The zero-order valence-electron chi connectivity index (χ0n) is 10.1. The fourth-order valence-corrected chi connectivity index (χ4v) is 2.36. The van der Waals surface area contributed by atoms with Crippen LogP contribution in [0, 0.1) is 0 Å². The molecule has 2 aromatic heterocycles. The molecule has 1 saturated heterocycles. The number of rotatable bonds is 1. The third-order valence-corrected chi connectivity index (χ3v) is 3.38. The van der Waals surface area contributed by atoms with Crippen LogP contribution in [-0.2, 0) is 0 Å². The van der Waals surface area contributed by atoms with Crippen molar-refractivity contribution in [1.82, 2.24) is 25.5 Å². The van der Waals surface area contributed by atoms with Gasteiger partial charge in [0.25, 0.3) is 0 Å². The lowest BCUT2D eigenvalue weighted by Gasteiger charge is -2.14. The molecule has 7 N–H and O–H groups in total. The first-order chi connectivity index (χ1) is 8.99. The van der Waals surface area contributed by atoms with Crippen molar-refractivity contribution in [3.8, 4) is 5.88 Å². The van der Waals surface area contributed by atoms with Crippen LogP contribution in [0.25, 0.3) is 11.0 Å². The van der Waals surface area contributed by atoms with Gasteiger partial charge >= 0.3 is 0 Å². The minimum atomic E-state index is -1.00. The van der Waals surface area contributed by atoms with Crippen molar-refractivity contribution < 1.29 is 15.3 Å². The van der Waals surface area contributed by atoms with Crippen molar-refractivity contribution in [1.29, 1.82) is 0 Å². The Morgan fingerprint density at radius 1 is 1.16 bits per heavy atom. The maximum Gasteiger partial charge on any atom is 0.244 e. The second-order valence-corrected chi connectivity index (χ2v) is 4.65. The molecule has 0 spiro atoms. The maximum atomic E-state index is 10.0. The van der Waals surface area contributed by atoms with E-state index in [4.69, 9.17) is 5.73 Å². The van der Waals surface area contributed by atoms with Gasteiger partial charge in [0.05, 0.1) is 17.8 Å². The van der Waals surface area contributed by atoms with Gasteiger partial charge in [0.1, 0.15) is 11.6 Å². The fraction of sp³-hybridized carbons (Fsp3) is 0.500. The number of hydrogen-bond donors (Lipinski definition) is 6. The summed E-state index contributed by atoms with van der Waals surface area (Å²) >= 11 is 0. The van der Waals surface area contributed by atoms with E-state index in [1.807, 2.05) is 0 Å². The summed E-state index contributed by atoms with van der Waals surface area (Å²) in [7, 11) is 0. The van der Waals surface area contributed by atoms with Gasteiger partial charge in [0, 0.05) is 6.04 Å². The van der Waals surface area contributed by atoms with Crippen LogP contribution >= 0.6 is 0 Å². The predicted molar refractivity (Wildman–Crippen MR) is 65.1 cm³/mol. The zero-order valence-corrected chi connectivity index (χ0v) is 10.1. The van der Waals surface area contributed by atoms with Gasteiger partial charge in [0.15, 0.2) is 5.52 Å². The molecule has 1 fully saturated rings. The van der Waals surface area contributed by atoms with Gasteiger partial charge in [-0.2, -0.15) is 10.1 Å². The summed E-state index contributed by atoms with van der Waals surface area (Å²) in [5.41, 5.74) is 6.43. The highest BCUT2D eigenvalue weighted by Crippen LogP contribution is 2.32. The van der Waals surface area contributed by atoms with Crippen LogP contribution < -0.4 is 11.1 Å². The molecule has 0 aliphatic carbocycles.